The van der Waals surface area contributed by atoms with Gasteiger partial charge in [0.2, 0.25) is 5.91 Å². The van der Waals surface area contributed by atoms with Crippen LogP contribution in [-0.4, -0.2) is 67.6 Å². The molecule has 2 saturated heterocycles. The Balaban J connectivity index is 1.12. The van der Waals surface area contributed by atoms with Crippen molar-refractivity contribution in [2.75, 3.05) is 56.0 Å². The molecule has 1 N–H and O–H groups in total. The van der Waals surface area contributed by atoms with E-state index in [2.05, 4.69) is 46.3 Å². The number of anilines is 2. The Morgan fingerprint density at radius 2 is 1.64 bits per heavy atom. The smallest absolute Gasteiger partial charge is 0.222 e. The van der Waals surface area contributed by atoms with Crippen LogP contribution in [0.2, 0.25) is 10.0 Å². The van der Waals surface area contributed by atoms with Gasteiger partial charge in [-0.1, -0.05) is 40.9 Å². The molecule has 5 nitrogen and oxygen atoms in total. The highest BCUT2D eigenvalue weighted by Gasteiger charge is 2.23. The number of hydrogen-bond acceptors (Lipinski definition) is 4. The zero-order valence-corrected chi connectivity index (χ0v) is 20.9. The third kappa shape index (κ3) is 6.78. The minimum absolute atomic E-state index is 0.293. The van der Waals surface area contributed by atoms with Crippen LogP contribution in [0.3, 0.4) is 0 Å². The molecule has 2 aliphatic heterocycles. The summed E-state index contributed by atoms with van der Waals surface area (Å²) < 4.78 is 0. The van der Waals surface area contributed by atoms with Crippen molar-refractivity contribution in [1.82, 2.24) is 9.80 Å². The number of aryl methyl sites for hydroxylation is 1. The molecule has 7 heteroatoms. The summed E-state index contributed by atoms with van der Waals surface area (Å²) in [7, 11) is 0. The molecule has 0 saturated carbocycles. The number of halogens is 2. The zero-order valence-electron chi connectivity index (χ0n) is 19.4. The number of carbonyl (C=O) groups excluding carboxylic acids is 1. The molecule has 0 aromatic heterocycles. The first-order valence-corrected chi connectivity index (χ1v) is 12.8. The fourth-order valence-electron chi connectivity index (χ4n) is 4.69. The lowest BCUT2D eigenvalue weighted by Gasteiger charge is -2.36. The summed E-state index contributed by atoms with van der Waals surface area (Å²) in [6.45, 7) is 8.98. The van der Waals surface area contributed by atoms with Gasteiger partial charge in [-0.15, -0.1) is 0 Å². The number of carbonyl (C=O) groups is 1. The van der Waals surface area contributed by atoms with Gasteiger partial charge in [-0.2, -0.15) is 0 Å². The van der Waals surface area contributed by atoms with Gasteiger partial charge in [0, 0.05) is 63.1 Å². The van der Waals surface area contributed by atoms with E-state index in [4.69, 9.17) is 23.2 Å². The number of amides is 1. The van der Waals surface area contributed by atoms with Gasteiger partial charge in [-0.3, -0.25) is 9.69 Å². The summed E-state index contributed by atoms with van der Waals surface area (Å²) in [5, 5.41) is 4.65. The van der Waals surface area contributed by atoms with Gasteiger partial charge >= 0.3 is 0 Å². The van der Waals surface area contributed by atoms with E-state index in [9.17, 15) is 4.79 Å². The van der Waals surface area contributed by atoms with Crippen LogP contribution in [0.1, 0.15) is 31.2 Å². The van der Waals surface area contributed by atoms with E-state index in [1.54, 1.807) is 0 Å². The average Bonchev–Trinajstić information content (AvgIpc) is 2.83. The summed E-state index contributed by atoms with van der Waals surface area (Å²) in [5.41, 5.74) is 3.60. The van der Waals surface area contributed by atoms with Gasteiger partial charge in [0.25, 0.3) is 0 Å². The Morgan fingerprint density at radius 3 is 2.30 bits per heavy atom. The van der Waals surface area contributed by atoms with E-state index in [1.807, 2.05) is 23.1 Å². The first-order chi connectivity index (χ1) is 16.0. The van der Waals surface area contributed by atoms with Crippen LogP contribution < -0.4 is 10.2 Å². The molecule has 4 rings (SSSR count). The highest BCUT2D eigenvalue weighted by molar-refractivity contribution is 6.42. The van der Waals surface area contributed by atoms with E-state index in [0.717, 1.165) is 70.8 Å². The maximum Gasteiger partial charge on any atom is 0.222 e. The highest BCUT2D eigenvalue weighted by Crippen LogP contribution is 2.26. The third-order valence-electron chi connectivity index (χ3n) is 6.77. The fourth-order valence-corrected chi connectivity index (χ4v) is 4.99. The van der Waals surface area contributed by atoms with Crippen LogP contribution in [0.25, 0.3) is 0 Å². The summed E-state index contributed by atoms with van der Waals surface area (Å²) in [6.07, 6.45) is 3.48. The van der Waals surface area contributed by atoms with Crippen molar-refractivity contribution in [3.05, 3.63) is 58.1 Å². The Labute approximate surface area is 207 Å². The second-order valence-electron chi connectivity index (χ2n) is 9.20. The third-order valence-corrected chi connectivity index (χ3v) is 7.51. The predicted molar refractivity (Wildman–Crippen MR) is 139 cm³/mol. The number of piperazine rings is 1. The van der Waals surface area contributed by atoms with Gasteiger partial charge < -0.3 is 15.1 Å². The minimum Gasteiger partial charge on any atom is -0.382 e. The van der Waals surface area contributed by atoms with Gasteiger partial charge in [-0.25, -0.2) is 0 Å². The molecule has 0 bridgehead atoms. The SMILES string of the molecule is Cc1ccc(N2CCN(CCCC(=O)N3CCC(Nc4ccc(Cl)c(Cl)c4)CC3)CC2)cc1. The lowest BCUT2D eigenvalue weighted by atomic mass is 10.0. The van der Waals surface area contributed by atoms with E-state index in [1.165, 1.54) is 11.3 Å². The largest absolute Gasteiger partial charge is 0.382 e. The van der Waals surface area contributed by atoms with Gasteiger partial charge in [0.05, 0.1) is 10.0 Å². The van der Waals surface area contributed by atoms with Crippen molar-refractivity contribution >= 4 is 40.5 Å². The number of nitrogens with zero attached hydrogens (tertiary/aromatic N) is 3. The standard InChI is InChI=1S/C26H34Cl2N4O/c1-20-4-7-23(8-5-20)31-17-15-30(16-18-31)12-2-3-26(33)32-13-10-21(11-14-32)29-22-6-9-24(27)25(28)19-22/h4-9,19,21,29H,2-3,10-18H2,1H3. The number of nitrogens with one attached hydrogen (secondary N) is 1. The maximum absolute atomic E-state index is 12.7. The topological polar surface area (TPSA) is 38.8 Å². The van der Waals surface area contributed by atoms with Crippen molar-refractivity contribution in [2.45, 2.75) is 38.6 Å². The number of hydrogen-bond donors (Lipinski definition) is 1. The van der Waals surface area contributed by atoms with E-state index in [-0.39, 0.29) is 0 Å². The molecule has 1 amide bonds. The lowest BCUT2D eigenvalue weighted by molar-refractivity contribution is -0.132. The van der Waals surface area contributed by atoms with Crippen LogP contribution in [0.15, 0.2) is 42.5 Å². The summed E-state index contributed by atoms with van der Waals surface area (Å²) in [5.74, 6) is 0.293. The second kappa shape index (κ2) is 11.5. The number of likely N-dealkylation sites (tertiary alicyclic amines) is 1. The molecule has 0 spiro atoms. The van der Waals surface area contributed by atoms with Gasteiger partial charge in [0.1, 0.15) is 0 Å². The molecular formula is C26H34Cl2N4O. The van der Waals surface area contributed by atoms with Gasteiger partial charge in [-0.05, 0) is 63.1 Å². The van der Waals surface area contributed by atoms with E-state index < -0.39 is 0 Å². The molecule has 0 radical (unpaired) electrons. The van der Waals surface area contributed by atoms with Gasteiger partial charge in [0.15, 0.2) is 0 Å². The van der Waals surface area contributed by atoms with Crippen LogP contribution in [-0.2, 0) is 4.79 Å². The Kier molecular flexibility index (Phi) is 8.39. The van der Waals surface area contributed by atoms with Crippen LogP contribution >= 0.6 is 23.2 Å². The molecule has 2 aromatic carbocycles. The first kappa shape index (κ1) is 24.2. The van der Waals surface area contributed by atoms with Crippen molar-refractivity contribution in [1.29, 1.82) is 0 Å². The number of benzene rings is 2. The minimum atomic E-state index is 0.293. The Morgan fingerprint density at radius 1 is 0.939 bits per heavy atom. The molecule has 0 unspecified atom stereocenters. The average molecular weight is 489 g/mol. The normalized spacial score (nSPS) is 17.9. The number of rotatable bonds is 7. The van der Waals surface area contributed by atoms with Crippen molar-refractivity contribution in [3.8, 4) is 0 Å². The van der Waals surface area contributed by atoms with E-state index in [0.29, 0.717) is 28.4 Å². The molecule has 178 valence electrons. The molecule has 2 aliphatic rings. The molecule has 2 fully saturated rings. The second-order valence-corrected chi connectivity index (χ2v) is 10.0. The molecule has 2 aromatic rings. The monoisotopic (exact) mass is 488 g/mol. The summed E-state index contributed by atoms with van der Waals surface area (Å²) in [4.78, 5) is 19.7. The van der Waals surface area contributed by atoms with Crippen LogP contribution in [0, 0.1) is 6.92 Å². The molecule has 0 aliphatic carbocycles. The van der Waals surface area contributed by atoms with Crippen molar-refractivity contribution in [3.63, 3.8) is 0 Å². The fraction of sp³-hybridized carbons (Fsp3) is 0.500. The molecule has 2 heterocycles. The number of piperidine rings is 1. The summed E-state index contributed by atoms with van der Waals surface area (Å²) >= 11 is 12.1. The molecule has 0 atom stereocenters. The predicted octanol–water partition coefficient (Wildman–Crippen LogP) is 5.31. The quantitative estimate of drug-likeness (QED) is 0.573. The van der Waals surface area contributed by atoms with E-state index >= 15 is 0 Å². The summed E-state index contributed by atoms with van der Waals surface area (Å²) in [6, 6.07) is 14.8. The zero-order chi connectivity index (χ0) is 23.2. The van der Waals surface area contributed by atoms with Crippen LogP contribution in [0.5, 0.6) is 0 Å². The van der Waals surface area contributed by atoms with Crippen LogP contribution in [0.4, 0.5) is 11.4 Å². The Hall–Kier alpha value is -1.95. The molecular weight excluding hydrogens is 455 g/mol. The lowest BCUT2D eigenvalue weighted by Crippen LogP contribution is -2.47. The Bertz CT molecular complexity index is 920. The van der Waals surface area contributed by atoms with Crippen molar-refractivity contribution < 1.29 is 4.79 Å². The first-order valence-electron chi connectivity index (χ1n) is 12.0. The highest BCUT2D eigenvalue weighted by atomic mass is 35.5. The van der Waals surface area contributed by atoms with Crippen molar-refractivity contribution in [2.24, 2.45) is 0 Å². The molecule has 33 heavy (non-hydrogen) atoms. The maximum atomic E-state index is 12.7.